The van der Waals surface area contributed by atoms with Crippen LogP contribution in [0.3, 0.4) is 0 Å². The first-order chi connectivity index (χ1) is 7.88. The van der Waals surface area contributed by atoms with Gasteiger partial charge in [0.05, 0.1) is 11.6 Å². The molecule has 0 aromatic heterocycles. The van der Waals surface area contributed by atoms with Gasteiger partial charge in [-0.05, 0) is 46.1 Å². The van der Waals surface area contributed by atoms with Crippen molar-refractivity contribution in [2.45, 2.75) is 52.2 Å². The molecule has 1 rings (SSSR count). The lowest BCUT2D eigenvalue weighted by Gasteiger charge is -2.38. The van der Waals surface area contributed by atoms with Crippen LogP contribution in [0.25, 0.3) is 0 Å². The molecule has 1 atom stereocenters. The average Bonchev–Trinajstić information content (AvgIpc) is 2.28. The van der Waals surface area contributed by atoms with Gasteiger partial charge in [0.15, 0.2) is 0 Å². The van der Waals surface area contributed by atoms with E-state index >= 15 is 0 Å². The van der Waals surface area contributed by atoms with Crippen LogP contribution < -0.4 is 5.32 Å². The van der Waals surface area contributed by atoms with Crippen molar-refractivity contribution < 1.29 is 9.90 Å². The number of amides is 1. The Kier molecular flexibility index (Phi) is 4.95. The first kappa shape index (κ1) is 14.5. The number of rotatable bonds is 4. The molecule has 1 aliphatic rings. The molecule has 1 saturated heterocycles. The number of hydrogen-bond acceptors (Lipinski definition) is 3. The van der Waals surface area contributed by atoms with Gasteiger partial charge < -0.3 is 15.3 Å². The zero-order chi connectivity index (χ0) is 13.1. The largest absolute Gasteiger partial charge is 0.393 e. The van der Waals surface area contributed by atoms with Gasteiger partial charge in [-0.15, -0.1) is 0 Å². The number of likely N-dealkylation sites (tertiary alicyclic amines) is 1. The molecule has 0 radical (unpaired) electrons. The van der Waals surface area contributed by atoms with Crippen LogP contribution in [0.2, 0.25) is 0 Å². The quantitative estimate of drug-likeness (QED) is 0.773. The SMILES string of the molecule is CCNC(C)(C)C(=O)N1CCC(C(C)O)CC1. The third kappa shape index (κ3) is 3.68. The fourth-order valence-corrected chi connectivity index (χ4v) is 2.50. The van der Waals surface area contributed by atoms with Crippen LogP contribution in [0, 0.1) is 5.92 Å². The van der Waals surface area contributed by atoms with Gasteiger partial charge in [0.2, 0.25) is 5.91 Å². The van der Waals surface area contributed by atoms with Crippen LogP contribution in [-0.2, 0) is 4.79 Å². The Hall–Kier alpha value is -0.610. The Labute approximate surface area is 104 Å². The molecular formula is C13H26N2O2. The maximum atomic E-state index is 12.3. The Balaban J connectivity index is 2.51. The van der Waals surface area contributed by atoms with E-state index in [1.165, 1.54) is 0 Å². The van der Waals surface area contributed by atoms with E-state index in [4.69, 9.17) is 0 Å². The van der Waals surface area contributed by atoms with Gasteiger partial charge in [-0.3, -0.25) is 4.79 Å². The van der Waals surface area contributed by atoms with Crippen LogP contribution in [0.4, 0.5) is 0 Å². The van der Waals surface area contributed by atoms with Gasteiger partial charge in [0.25, 0.3) is 0 Å². The summed E-state index contributed by atoms with van der Waals surface area (Å²) < 4.78 is 0. The Bertz CT molecular complexity index is 256. The summed E-state index contributed by atoms with van der Waals surface area (Å²) >= 11 is 0. The predicted octanol–water partition coefficient (Wildman–Crippen LogP) is 0.994. The van der Waals surface area contributed by atoms with Gasteiger partial charge >= 0.3 is 0 Å². The molecule has 0 aromatic rings. The molecule has 4 nitrogen and oxygen atoms in total. The summed E-state index contributed by atoms with van der Waals surface area (Å²) in [5.41, 5.74) is -0.480. The monoisotopic (exact) mass is 242 g/mol. The lowest BCUT2D eigenvalue weighted by atomic mass is 9.91. The molecule has 4 heteroatoms. The second kappa shape index (κ2) is 5.83. The van der Waals surface area contributed by atoms with Gasteiger partial charge in [-0.25, -0.2) is 0 Å². The summed E-state index contributed by atoms with van der Waals surface area (Å²) in [7, 11) is 0. The second-order valence-corrected chi connectivity index (χ2v) is 5.53. The fourth-order valence-electron chi connectivity index (χ4n) is 2.50. The first-order valence-electron chi connectivity index (χ1n) is 6.61. The number of aliphatic hydroxyl groups is 1. The minimum atomic E-state index is -0.480. The maximum absolute atomic E-state index is 12.3. The molecule has 1 heterocycles. The minimum absolute atomic E-state index is 0.170. The van der Waals surface area contributed by atoms with Crippen LogP contribution in [0.15, 0.2) is 0 Å². The predicted molar refractivity (Wildman–Crippen MR) is 68.7 cm³/mol. The molecule has 1 aliphatic heterocycles. The third-order valence-corrected chi connectivity index (χ3v) is 3.66. The highest BCUT2D eigenvalue weighted by Crippen LogP contribution is 2.22. The Morgan fingerprint density at radius 1 is 1.47 bits per heavy atom. The lowest BCUT2D eigenvalue weighted by molar-refractivity contribution is -0.139. The van der Waals surface area contributed by atoms with E-state index in [0.29, 0.717) is 5.92 Å². The van der Waals surface area contributed by atoms with Crippen molar-refractivity contribution >= 4 is 5.91 Å². The zero-order valence-electron chi connectivity index (χ0n) is 11.5. The molecule has 0 saturated carbocycles. The number of carbonyl (C=O) groups excluding carboxylic acids is 1. The summed E-state index contributed by atoms with van der Waals surface area (Å²) in [4.78, 5) is 14.2. The van der Waals surface area contributed by atoms with Crippen molar-refractivity contribution in [2.24, 2.45) is 5.92 Å². The molecule has 0 bridgehead atoms. The van der Waals surface area contributed by atoms with E-state index in [1.807, 2.05) is 32.6 Å². The van der Waals surface area contributed by atoms with Crippen molar-refractivity contribution in [1.29, 1.82) is 0 Å². The number of aliphatic hydroxyl groups excluding tert-OH is 1. The lowest BCUT2D eigenvalue weighted by Crippen LogP contribution is -2.55. The number of piperidine rings is 1. The van der Waals surface area contributed by atoms with Crippen LogP contribution >= 0.6 is 0 Å². The summed E-state index contributed by atoms with van der Waals surface area (Å²) in [6.07, 6.45) is 1.56. The normalized spacial score (nSPS) is 20.4. The summed E-state index contributed by atoms with van der Waals surface area (Å²) in [6.45, 7) is 10.0. The Morgan fingerprint density at radius 2 is 2.00 bits per heavy atom. The molecule has 17 heavy (non-hydrogen) atoms. The molecule has 0 aromatic carbocycles. The van der Waals surface area contributed by atoms with E-state index in [-0.39, 0.29) is 12.0 Å². The smallest absolute Gasteiger partial charge is 0.242 e. The van der Waals surface area contributed by atoms with Crippen LogP contribution in [0.1, 0.15) is 40.5 Å². The highest BCUT2D eigenvalue weighted by molar-refractivity contribution is 5.85. The first-order valence-corrected chi connectivity index (χ1v) is 6.61. The van der Waals surface area contributed by atoms with E-state index < -0.39 is 5.54 Å². The fraction of sp³-hybridized carbons (Fsp3) is 0.923. The zero-order valence-corrected chi connectivity index (χ0v) is 11.5. The summed E-state index contributed by atoms with van der Waals surface area (Å²) in [5, 5.41) is 12.7. The van der Waals surface area contributed by atoms with E-state index in [1.54, 1.807) is 0 Å². The number of nitrogens with zero attached hydrogens (tertiary/aromatic N) is 1. The van der Waals surface area contributed by atoms with Gasteiger partial charge in [0, 0.05) is 13.1 Å². The summed E-state index contributed by atoms with van der Waals surface area (Å²) in [5.74, 6) is 0.518. The van der Waals surface area contributed by atoms with Crippen molar-refractivity contribution in [3.05, 3.63) is 0 Å². The van der Waals surface area contributed by atoms with E-state index in [2.05, 4.69) is 5.32 Å². The van der Waals surface area contributed by atoms with Crippen LogP contribution in [-0.4, -0.2) is 47.2 Å². The molecule has 1 amide bonds. The minimum Gasteiger partial charge on any atom is -0.393 e. The molecule has 1 fully saturated rings. The van der Waals surface area contributed by atoms with Crippen molar-refractivity contribution in [3.8, 4) is 0 Å². The van der Waals surface area contributed by atoms with Gasteiger partial charge in [0.1, 0.15) is 0 Å². The highest BCUT2D eigenvalue weighted by Gasteiger charge is 2.33. The molecule has 1 unspecified atom stereocenters. The molecule has 100 valence electrons. The number of nitrogens with one attached hydrogen (secondary N) is 1. The number of hydrogen-bond donors (Lipinski definition) is 2. The Morgan fingerprint density at radius 3 is 2.41 bits per heavy atom. The number of likely N-dealkylation sites (N-methyl/N-ethyl adjacent to an activating group) is 1. The molecular weight excluding hydrogens is 216 g/mol. The van der Waals surface area contributed by atoms with Gasteiger partial charge in [-0.2, -0.15) is 0 Å². The number of carbonyl (C=O) groups is 1. The van der Waals surface area contributed by atoms with Crippen LogP contribution in [0.5, 0.6) is 0 Å². The third-order valence-electron chi connectivity index (χ3n) is 3.66. The molecule has 0 spiro atoms. The van der Waals surface area contributed by atoms with Crippen molar-refractivity contribution in [2.75, 3.05) is 19.6 Å². The average molecular weight is 242 g/mol. The second-order valence-electron chi connectivity index (χ2n) is 5.53. The highest BCUT2D eigenvalue weighted by atomic mass is 16.3. The topological polar surface area (TPSA) is 52.6 Å². The summed E-state index contributed by atoms with van der Waals surface area (Å²) in [6, 6.07) is 0. The van der Waals surface area contributed by atoms with E-state index in [0.717, 1.165) is 32.5 Å². The molecule has 2 N–H and O–H groups in total. The van der Waals surface area contributed by atoms with Crippen molar-refractivity contribution in [1.82, 2.24) is 10.2 Å². The van der Waals surface area contributed by atoms with E-state index in [9.17, 15) is 9.90 Å². The van der Waals surface area contributed by atoms with Gasteiger partial charge in [-0.1, -0.05) is 6.92 Å². The standard InChI is InChI=1S/C13H26N2O2/c1-5-14-13(3,4)12(17)15-8-6-11(7-9-15)10(2)16/h10-11,14,16H,5-9H2,1-4H3. The molecule has 0 aliphatic carbocycles. The van der Waals surface area contributed by atoms with Crippen molar-refractivity contribution in [3.63, 3.8) is 0 Å². The maximum Gasteiger partial charge on any atom is 0.242 e.